The van der Waals surface area contributed by atoms with Crippen molar-refractivity contribution in [2.45, 2.75) is 25.8 Å². The van der Waals surface area contributed by atoms with Crippen molar-refractivity contribution in [3.8, 4) is 11.5 Å². The van der Waals surface area contributed by atoms with Crippen molar-refractivity contribution in [1.82, 2.24) is 5.32 Å². The second-order valence-electron chi connectivity index (χ2n) is 6.70. The van der Waals surface area contributed by atoms with Crippen LogP contribution in [0.25, 0.3) is 0 Å². The molecule has 0 saturated heterocycles. The minimum absolute atomic E-state index is 0.172. The van der Waals surface area contributed by atoms with Crippen molar-refractivity contribution in [3.63, 3.8) is 0 Å². The van der Waals surface area contributed by atoms with Gasteiger partial charge >= 0.3 is 5.97 Å². The lowest BCUT2D eigenvalue weighted by atomic mass is 9.94. The quantitative estimate of drug-likeness (QED) is 0.818. The Morgan fingerprint density at radius 2 is 2.07 bits per heavy atom. The number of fused-ring (bicyclic) bond motifs is 1. The van der Waals surface area contributed by atoms with E-state index in [1.54, 1.807) is 7.11 Å². The van der Waals surface area contributed by atoms with E-state index in [1.807, 2.05) is 49.4 Å². The second kappa shape index (κ2) is 8.12. The van der Waals surface area contributed by atoms with Gasteiger partial charge < -0.3 is 19.9 Å². The van der Waals surface area contributed by atoms with E-state index in [0.717, 1.165) is 22.4 Å². The monoisotopic (exact) mass is 369 g/mol. The molecule has 0 radical (unpaired) electrons. The van der Waals surface area contributed by atoms with Gasteiger partial charge in [-0.15, -0.1) is 0 Å². The molecule has 2 aromatic rings. The first kappa shape index (κ1) is 18.8. The van der Waals surface area contributed by atoms with Crippen molar-refractivity contribution < 1.29 is 24.2 Å². The van der Waals surface area contributed by atoms with Crippen LogP contribution in [0.2, 0.25) is 0 Å². The fraction of sp³-hybridized carbons (Fsp3) is 0.333. The van der Waals surface area contributed by atoms with Crippen LogP contribution in [-0.4, -0.2) is 30.7 Å². The van der Waals surface area contributed by atoms with E-state index in [1.165, 1.54) is 0 Å². The molecule has 0 aliphatic carbocycles. The van der Waals surface area contributed by atoms with Crippen LogP contribution in [-0.2, 0) is 16.0 Å². The number of nitrogens with one attached hydrogen (secondary N) is 1. The molecule has 0 bridgehead atoms. The van der Waals surface area contributed by atoms with E-state index in [9.17, 15) is 14.7 Å². The molecule has 1 aliphatic rings. The first-order valence-electron chi connectivity index (χ1n) is 8.85. The number of hydrogen-bond acceptors (Lipinski definition) is 4. The van der Waals surface area contributed by atoms with Gasteiger partial charge in [0, 0.05) is 0 Å². The van der Waals surface area contributed by atoms with Crippen molar-refractivity contribution in [1.29, 1.82) is 0 Å². The molecule has 2 aromatic carbocycles. The Morgan fingerprint density at radius 3 is 2.78 bits per heavy atom. The highest BCUT2D eigenvalue weighted by atomic mass is 16.5. The third-order valence-electron chi connectivity index (χ3n) is 4.80. The number of carbonyl (C=O) groups is 2. The maximum absolute atomic E-state index is 12.8. The molecule has 2 unspecified atom stereocenters. The number of hydrogen-bond donors (Lipinski definition) is 2. The van der Waals surface area contributed by atoms with Crippen LogP contribution in [0.15, 0.2) is 42.5 Å². The molecule has 0 saturated carbocycles. The predicted octanol–water partition coefficient (Wildman–Crippen LogP) is 2.89. The predicted molar refractivity (Wildman–Crippen MR) is 100.0 cm³/mol. The Kier molecular flexibility index (Phi) is 5.64. The van der Waals surface area contributed by atoms with Crippen molar-refractivity contribution in [2.24, 2.45) is 5.92 Å². The van der Waals surface area contributed by atoms with E-state index in [4.69, 9.17) is 9.47 Å². The number of rotatable bonds is 6. The molecular weight excluding hydrogens is 346 g/mol. The maximum atomic E-state index is 12.8. The Hall–Kier alpha value is -3.02. The average Bonchev–Trinajstić information content (AvgIpc) is 2.66. The topological polar surface area (TPSA) is 84.9 Å². The van der Waals surface area contributed by atoms with Gasteiger partial charge in [0.1, 0.15) is 18.1 Å². The number of amides is 1. The number of methoxy groups -OCH3 is 1. The number of benzene rings is 2. The van der Waals surface area contributed by atoms with Gasteiger partial charge in [0.05, 0.1) is 25.5 Å². The summed E-state index contributed by atoms with van der Waals surface area (Å²) in [6, 6.07) is 12.4. The molecular formula is C21H23NO5. The van der Waals surface area contributed by atoms with E-state index >= 15 is 0 Å². The van der Waals surface area contributed by atoms with Crippen LogP contribution in [0.3, 0.4) is 0 Å². The molecule has 6 nitrogen and oxygen atoms in total. The number of ether oxygens (including phenoxy) is 2. The largest absolute Gasteiger partial charge is 0.497 e. The summed E-state index contributed by atoms with van der Waals surface area (Å²) < 4.78 is 11.0. The average molecular weight is 369 g/mol. The van der Waals surface area contributed by atoms with Crippen molar-refractivity contribution >= 4 is 11.9 Å². The summed E-state index contributed by atoms with van der Waals surface area (Å²) in [5.74, 6) is -0.0932. The molecule has 142 valence electrons. The van der Waals surface area contributed by atoms with Crippen molar-refractivity contribution in [3.05, 3.63) is 59.2 Å². The molecule has 3 rings (SSSR count). The van der Waals surface area contributed by atoms with Gasteiger partial charge in [-0.25, -0.2) is 0 Å². The van der Waals surface area contributed by atoms with Crippen molar-refractivity contribution in [2.75, 3.05) is 13.7 Å². The summed E-state index contributed by atoms with van der Waals surface area (Å²) in [6.45, 7) is 2.17. The molecule has 27 heavy (non-hydrogen) atoms. The van der Waals surface area contributed by atoms with Crippen LogP contribution in [0.1, 0.15) is 29.2 Å². The SMILES string of the molecule is COc1ccc2c(c1)CC(C(=O)NC(CC(=O)O)c1ccccc1C)CO2. The molecule has 2 N–H and O–H groups in total. The van der Waals surface area contributed by atoms with Gasteiger partial charge in [0.15, 0.2) is 0 Å². The molecule has 0 spiro atoms. The number of carboxylic acid groups (broad SMARTS) is 1. The van der Waals surface area contributed by atoms with Gasteiger partial charge in [-0.05, 0) is 48.2 Å². The molecule has 0 fully saturated rings. The third-order valence-corrected chi connectivity index (χ3v) is 4.80. The zero-order valence-corrected chi connectivity index (χ0v) is 15.4. The van der Waals surface area contributed by atoms with Gasteiger partial charge in [-0.1, -0.05) is 24.3 Å². The fourth-order valence-corrected chi connectivity index (χ4v) is 3.35. The molecule has 2 atom stereocenters. The highest BCUT2D eigenvalue weighted by Crippen LogP contribution is 2.31. The minimum atomic E-state index is -0.960. The van der Waals surface area contributed by atoms with Crippen LogP contribution in [0.5, 0.6) is 11.5 Å². The molecule has 6 heteroatoms. The summed E-state index contributed by atoms with van der Waals surface area (Å²) >= 11 is 0. The summed E-state index contributed by atoms with van der Waals surface area (Å²) in [5, 5.41) is 12.2. The normalized spacial score (nSPS) is 16.6. The molecule has 0 aromatic heterocycles. The zero-order valence-electron chi connectivity index (χ0n) is 15.4. The Labute approximate surface area is 158 Å². The van der Waals surface area contributed by atoms with Gasteiger partial charge in [-0.3, -0.25) is 9.59 Å². The fourth-order valence-electron chi connectivity index (χ4n) is 3.35. The molecule has 1 aliphatic heterocycles. The van der Waals surface area contributed by atoms with E-state index in [0.29, 0.717) is 12.2 Å². The minimum Gasteiger partial charge on any atom is -0.497 e. The number of aryl methyl sites for hydroxylation is 1. The van der Waals surface area contributed by atoms with E-state index in [-0.39, 0.29) is 24.9 Å². The van der Waals surface area contributed by atoms with Crippen LogP contribution < -0.4 is 14.8 Å². The Bertz CT molecular complexity index is 848. The smallest absolute Gasteiger partial charge is 0.305 e. The van der Waals surface area contributed by atoms with Gasteiger partial charge in [0.2, 0.25) is 5.91 Å². The summed E-state index contributed by atoms with van der Waals surface area (Å²) in [7, 11) is 1.59. The van der Waals surface area contributed by atoms with E-state index < -0.39 is 12.0 Å². The number of carboxylic acids is 1. The lowest BCUT2D eigenvalue weighted by molar-refractivity contribution is -0.138. The first-order valence-corrected chi connectivity index (χ1v) is 8.85. The maximum Gasteiger partial charge on any atom is 0.305 e. The van der Waals surface area contributed by atoms with Gasteiger partial charge in [0.25, 0.3) is 0 Å². The zero-order chi connectivity index (χ0) is 19.4. The third kappa shape index (κ3) is 4.39. The first-order chi connectivity index (χ1) is 13.0. The van der Waals surface area contributed by atoms with Crippen LogP contribution in [0, 0.1) is 12.8 Å². The molecule has 1 amide bonds. The van der Waals surface area contributed by atoms with E-state index in [2.05, 4.69) is 5.32 Å². The summed E-state index contributed by atoms with van der Waals surface area (Å²) in [6.07, 6.45) is 0.348. The van der Waals surface area contributed by atoms with Crippen LogP contribution >= 0.6 is 0 Å². The highest BCUT2D eigenvalue weighted by Gasteiger charge is 2.29. The molecule has 1 heterocycles. The standard InChI is InChI=1S/C21H23NO5/c1-13-5-3-4-6-17(13)18(11-20(23)24)22-21(25)15-9-14-10-16(26-2)7-8-19(14)27-12-15/h3-8,10,15,18H,9,11-12H2,1-2H3,(H,22,25)(H,23,24). The van der Waals surface area contributed by atoms with Gasteiger partial charge in [-0.2, -0.15) is 0 Å². The number of aliphatic carboxylic acids is 1. The lowest BCUT2D eigenvalue weighted by Crippen LogP contribution is -2.40. The number of carbonyl (C=O) groups excluding carboxylic acids is 1. The lowest BCUT2D eigenvalue weighted by Gasteiger charge is -2.27. The Balaban J connectivity index is 1.76. The van der Waals surface area contributed by atoms with Crippen LogP contribution in [0.4, 0.5) is 0 Å². The highest BCUT2D eigenvalue weighted by molar-refractivity contribution is 5.81. The Morgan fingerprint density at radius 1 is 1.30 bits per heavy atom. The summed E-state index contributed by atoms with van der Waals surface area (Å²) in [5.41, 5.74) is 2.66. The summed E-state index contributed by atoms with van der Waals surface area (Å²) in [4.78, 5) is 24.1. The second-order valence-corrected chi connectivity index (χ2v) is 6.70.